The molecule has 0 aliphatic heterocycles. The van der Waals surface area contributed by atoms with E-state index in [2.05, 4.69) is 25.1 Å². The van der Waals surface area contributed by atoms with Crippen LogP contribution in [0.1, 0.15) is 70.8 Å². The van der Waals surface area contributed by atoms with Crippen molar-refractivity contribution in [2.75, 3.05) is 0 Å². The summed E-state index contributed by atoms with van der Waals surface area (Å²) in [6.07, 6.45) is 14.6. The molecule has 6 nitrogen and oxygen atoms in total. The van der Waals surface area contributed by atoms with Gasteiger partial charge in [0, 0.05) is 18.1 Å². The number of allylic oxidation sites excluding steroid dienone is 2. The molecule has 3 saturated carbocycles. The van der Waals surface area contributed by atoms with Crippen LogP contribution < -0.4 is 0 Å². The molecule has 7 atom stereocenters. The molecule has 6 heteroatoms. The van der Waals surface area contributed by atoms with E-state index in [1.807, 2.05) is 12.2 Å². The number of non-ortho nitro benzene ring substituents is 1. The Bertz CT molecular complexity index is 1040. The van der Waals surface area contributed by atoms with Crippen LogP contribution in [-0.4, -0.2) is 27.1 Å². The number of aliphatic hydroxyl groups excluding tert-OH is 1. The highest BCUT2D eigenvalue weighted by Crippen LogP contribution is 2.66. The van der Waals surface area contributed by atoms with Crippen molar-refractivity contribution in [2.24, 2.45) is 39.7 Å². The Balaban J connectivity index is 1.36. The Hall–Kier alpha value is -2.47. The van der Waals surface area contributed by atoms with E-state index in [-0.39, 0.29) is 28.5 Å². The van der Waals surface area contributed by atoms with Crippen LogP contribution in [0.4, 0.5) is 5.69 Å². The Morgan fingerprint density at radius 3 is 2.59 bits per heavy atom. The molecule has 0 bridgehead atoms. The first-order valence-electron chi connectivity index (χ1n) is 12.8. The van der Waals surface area contributed by atoms with Gasteiger partial charge in [0.25, 0.3) is 5.69 Å². The van der Waals surface area contributed by atoms with E-state index in [1.165, 1.54) is 24.1 Å². The zero-order chi connectivity index (χ0) is 24.1. The number of nitro benzene ring substituents is 1. The van der Waals surface area contributed by atoms with Crippen molar-refractivity contribution in [2.45, 2.75) is 71.3 Å². The Morgan fingerprint density at radius 2 is 1.88 bits per heavy atom. The summed E-state index contributed by atoms with van der Waals surface area (Å²) >= 11 is 0. The maximum Gasteiger partial charge on any atom is 0.269 e. The molecular weight excluding hydrogens is 428 g/mol. The van der Waals surface area contributed by atoms with Gasteiger partial charge in [0.15, 0.2) is 0 Å². The van der Waals surface area contributed by atoms with Crippen LogP contribution >= 0.6 is 0 Å². The molecule has 1 aromatic carbocycles. The molecule has 2 N–H and O–H groups in total. The molecule has 0 heterocycles. The fourth-order valence-electron chi connectivity index (χ4n) is 8.24. The van der Waals surface area contributed by atoms with Gasteiger partial charge in [-0.15, -0.1) is 0 Å². The van der Waals surface area contributed by atoms with Gasteiger partial charge < -0.3 is 10.3 Å². The van der Waals surface area contributed by atoms with Crippen molar-refractivity contribution in [3.8, 4) is 0 Å². The van der Waals surface area contributed by atoms with E-state index < -0.39 is 4.92 Å². The van der Waals surface area contributed by atoms with Crippen molar-refractivity contribution < 1.29 is 15.2 Å². The molecular formula is C28H36N2O4. The van der Waals surface area contributed by atoms with Crippen LogP contribution in [-0.2, 0) is 0 Å². The summed E-state index contributed by atoms with van der Waals surface area (Å²) in [7, 11) is 0. The zero-order valence-corrected chi connectivity index (χ0v) is 20.2. The van der Waals surface area contributed by atoms with Crippen molar-refractivity contribution in [1.82, 2.24) is 0 Å². The number of benzene rings is 1. The van der Waals surface area contributed by atoms with Gasteiger partial charge in [0.2, 0.25) is 0 Å². The molecule has 182 valence electrons. The predicted molar refractivity (Wildman–Crippen MR) is 133 cm³/mol. The molecule has 2 unspecified atom stereocenters. The lowest BCUT2D eigenvalue weighted by Crippen LogP contribution is -2.51. The molecule has 3 fully saturated rings. The van der Waals surface area contributed by atoms with E-state index in [0.717, 1.165) is 56.2 Å². The quantitative estimate of drug-likeness (QED) is 0.178. The normalized spacial score (nSPS) is 39.8. The summed E-state index contributed by atoms with van der Waals surface area (Å²) < 4.78 is 0. The smallest absolute Gasteiger partial charge is 0.269 e. The fourth-order valence-corrected chi connectivity index (χ4v) is 8.24. The second kappa shape index (κ2) is 8.63. The van der Waals surface area contributed by atoms with Gasteiger partial charge in [-0.25, -0.2) is 0 Å². The summed E-state index contributed by atoms with van der Waals surface area (Å²) in [5.41, 5.74) is 3.48. The molecule has 4 aliphatic rings. The van der Waals surface area contributed by atoms with Gasteiger partial charge in [-0.1, -0.05) is 36.7 Å². The van der Waals surface area contributed by atoms with E-state index >= 15 is 0 Å². The monoisotopic (exact) mass is 464 g/mol. The topological polar surface area (TPSA) is 96.0 Å². The molecule has 0 spiro atoms. The second-order valence-electron chi connectivity index (χ2n) is 11.5. The number of hydrogen-bond acceptors (Lipinski definition) is 5. The number of hydrogen-bond donors (Lipinski definition) is 2. The molecule has 0 saturated heterocycles. The molecule has 0 aromatic heterocycles. The molecule has 0 radical (unpaired) electrons. The van der Waals surface area contributed by atoms with E-state index in [4.69, 9.17) is 0 Å². The van der Waals surface area contributed by atoms with Gasteiger partial charge in [-0.2, -0.15) is 0 Å². The van der Waals surface area contributed by atoms with Crippen molar-refractivity contribution in [3.63, 3.8) is 0 Å². The third kappa shape index (κ3) is 3.71. The molecule has 0 amide bonds. The summed E-state index contributed by atoms with van der Waals surface area (Å²) in [6, 6.07) is 6.45. The Morgan fingerprint density at radius 1 is 1.12 bits per heavy atom. The first kappa shape index (κ1) is 23.3. The number of nitro groups is 1. The lowest BCUT2D eigenvalue weighted by atomic mass is 9.47. The first-order chi connectivity index (χ1) is 16.3. The number of aliphatic hydroxyl groups is 1. The molecule has 5 rings (SSSR count). The maximum atomic E-state index is 10.9. The minimum absolute atomic E-state index is 0.0713. The number of fused-ring (bicyclic) bond motifs is 5. The van der Waals surface area contributed by atoms with Crippen LogP contribution in [0.2, 0.25) is 0 Å². The first-order valence-corrected chi connectivity index (χ1v) is 12.8. The molecule has 1 aromatic rings. The summed E-state index contributed by atoms with van der Waals surface area (Å²) in [5, 5.41) is 34.8. The van der Waals surface area contributed by atoms with E-state index in [1.54, 1.807) is 12.1 Å². The third-order valence-electron chi connectivity index (χ3n) is 10.1. The number of rotatable bonds is 4. The van der Waals surface area contributed by atoms with Crippen LogP contribution in [0.25, 0.3) is 6.08 Å². The van der Waals surface area contributed by atoms with E-state index in [9.17, 15) is 20.4 Å². The average molecular weight is 465 g/mol. The minimum Gasteiger partial charge on any atom is -0.411 e. The van der Waals surface area contributed by atoms with Gasteiger partial charge >= 0.3 is 0 Å². The summed E-state index contributed by atoms with van der Waals surface area (Å²) in [4.78, 5) is 10.5. The van der Waals surface area contributed by atoms with Crippen LogP contribution in [0.5, 0.6) is 0 Å². The Labute approximate surface area is 201 Å². The summed E-state index contributed by atoms with van der Waals surface area (Å²) in [6.45, 7) is 4.85. The molecule has 34 heavy (non-hydrogen) atoms. The van der Waals surface area contributed by atoms with Crippen LogP contribution in [0.15, 0.2) is 47.1 Å². The number of nitrogens with zero attached hydrogens (tertiary/aromatic N) is 2. The maximum absolute atomic E-state index is 10.9. The van der Waals surface area contributed by atoms with Crippen molar-refractivity contribution >= 4 is 17.5 Å². The van der Waals surface area contributed by atoms with Gasteiger partial charge in [-0.3, -0.25) is 10.1 Å². The highest BCUT2D eigenvalue weighted by atomic mass is 16.6. The fraction of sp³-hybridized carbons (Fsp3) is 0.607. The second-order valence-corrected chi connectivity index (χ2v) is 11.5. The van der Waals surface area contributed by atoms with Crippen LogP contribution in [0.3, 0.4) is 0 Å². The van der Waals surface area contributed by atoms with Gasteiger partial charge in [0.05, 0.1) is 16.7 Å². The predicted octanol–water partition coefficient (Wildman–Crippen LogP) is 6.38. The minimum atomic E-state index is -0.400. The van der Waals surface area contributed by atoms with Gasteiger partial charge in [-0.05, 0) is 104 Å². The van der Waals surface area contributed by atoms with Crippen molar-refractivity contribution in [3.05, 3.63) is 57.7 Å². The van der Waals surface area contributed by atoms with Gasteiger partial charge in [0.1, 0.15) is 0 Å². The van der Waals surface area contributed by atoms with Crippen LogP contribution in [0, 0.1) is 44.6 Å². The van der Waals surface area contributed by atoms with E-state index in [0.29, 0.717) is 17.8 Å². The molecule has 4 aliphatic carbocycles. The third-order valence-corrected chi connectivity index (χ3v) is 10.1. The zero-order valence-electron chi connectivity index (χ0n) is 20.2. The lowest BCUT2D eigenvalue weighted by molar-refractivity contribution is -0.384. The van der Waals surface area contributed by atoms with Crippen molar-refractivity contribution in [1.29, 1.82) is 0 Å². The highest BCUT2D eigenvalue weighted by molar-refractivity contribution is 6.00. The highest BCUT2D eigenvalue weighted by Gasteiger charge is 2.59. The Kier molecular flexibility index (Phi) is 5.91. The SMILES string of the molecule is C[C@]12CCC(O)CC1=CC[C@@H]1[C@@H]2CC[C@]2(C)C(C(/C=C/c3ccc([N+](=O)[O-])cc3)=N\O)CC[C@@H]12. The number of oxime groups is 1. The largest absolute Gasteiger partial charge is 0.411 e. The average Bonchev–Trinajstić information content (AvgIpc) is 3.17. The standard InChI is InChI=1S/C28H36N2O4/c1-27-15-13-21(31)17-19(27)6-9-22-23-10-11-25(28(23,2)16-14-24(22)27)26(29-32)12-5-18-3-7-20(8-4-18)30(33)34/h3-8,12,21-25,31-32H,9-11,13-17H2,1-2H3/b12-5+,29-26-/t21?,22-,23-,24-,25?,27-,28-/m0/s1. The lowest BCUT2D eigenvalue weighted by Gasteiger charge is -2.58. The summed E-state index contributed by atoms with van der Waals surface area (Å²) in [5.74, 6) is 2.17.